The average Bonchev–Trinajstić information content (AvgIpc) is 3.04. The van der Waals surface area contributed by atoms with Crippen molar-refractivity contribution in [1.82, 2.24) is 4.57 Å². The molecule has 3 rings (SSSR count). The van der Waals surface area contributed by atoms with Crippen LogP contribution in [0.15, 0.2) is 47.5 Å². The quantitative estimate of drug-likeness (QED) is 0.377. The van der Waals surface area contributed by atoms with E-state index in [1.54, 1.807) is 41.8 Å². The van der Waals surface area contributed by atoms with Crippen molar-refractivity contribution in [2.24, 2.45) is 4.99 Å². The van der Waals surface area contributed by atoms with Gasteiger partial charge < -0.3 is 14.0 Å². The molecule has 1 heterocycles. The molecule has 7 nitrogen and oxygen atoms in total. The Hall–Kier alpha value is -2.53. The molecule has 0 aliphatic heterocycles. The molecule has 1 aromatic heterocycles. The highest BCUT2D eigenvalue weighted by Crippen LogP contribution is 2.21. The van der Waals surface area contributed by atoms with Gasteiger partial charge in [-0.25, -0.2) is 4.79 Å². The molecule has 3 aromatic rings. The maximum Gasteiger partial charge on any atom is 0.338 e. The number of methoxy groups -OCH3 is 1. The maximum absolute atomic E-state index is 12.7. The van der Waals surface area contributed by atoms with Crippen LogP contribution in [0.4, 0.5) is 0 Å². The van der Waals surface area contributed by atoms with Crippen molar-refractivity contribution in [1.29, 1.82) is 0 Å². The summed E-state index contributed by atoms with van der Waals surface area (Å²) in [5.41, 5.74) is 1.53. The fourth-order valence-corrected chi connectivity index (χ4v) is 4.31. The van der Waals surface area contributed by atoms with E-state index in [1.165, 1.54) is 18.4 Å². The fourth-order valence-electron chi connectivity index (χ4n) is 2.63. The monoisotopic (exact) mass is 524 g/mol. The largest absolute Gasteiger partial charge is 0.468 e. The summed E-state index contributed by atoms with van der Waals surface area (Å²) in [5, 5.41) is 0. The Morgan fingerprint density at radius 3 is 2.62 bits per heavy atom. The van der Waals surface area contributed by atoms with Gasteiger partial charge in [-0.3, -0.25) is 9.59 Å². The van der Waals surface area contributed by atoms with Gasteiger partial charge in [-0.05, 0) is 59.8 Å². The van der Waals surface area contributed by atoms with Gasteiger partial charge in [-0.2, -0.15) is 4.99 Å². The van der Waals surface area contributed by atoms with Gasteiger partial charge in [0.1, 0.15) is 6.54 Å². The molecule has 29 heavy (non-hydrogen) atoms. The molecule has 0 saturated heterocycles. The van der Waals surface area contributed by atoms with E-state index in [1.807, 2.05) is 12.1 Å². The third-order valence-electron chi connectivity index (χ3n) is 4.01. The van der Waals surface area contributed by atoms with E-state index < -0.39 is 17.8 Å². The second-order valence-electron chi connectivity index (χ2n) is 5.85. The van der Waals surface area contributed by atoms with Crippen molar-refractivity contribution in [3.63, 3.8) is 0 Å². The number of benzene rings is 2. The van der Waals surface area contributed by atoms with Crippen LogP contribution in [0.3, 0.4) is 0 Å². The number of esters is 2. The first-order chi connectivity index (χ1) is 13.9. The molecule has 0 unspecified atom stereocenters. The van der Waals surface area contributed by atoms with Crippen LogP contribution in [0.25, 0.3) is 10.2 Å². The van der Waals surface area contributed by atoms with Gasteiger partial charge in [0, 0.05) is 3.57 Å². The second-order valence-corrected chi connectivity index (χ2v) is 8.02. The molecular weight excluding hydrogens is 507 g/mol. The van der Waals surface area contributed by atoms with Crippen LogP contribution >= 0.6 is 33.9 Å². The third kappa shape index (κ3) is 4.73. The number of hydrogen-bond acceptors (Lipinski definition) is 6. The van der Waals surface area contributed by atoms with Gasteiger partial charge >= 0.3 is 11.9 Å². The van der Waals surface area contributed by atoms with E-state index in [2.05, 4.69) is 27.6 Å². The molecule has 1 amide bonds. The van der Waals surface area contributed by atoms with Crippen LogP contribution in [0.2, 0.25) is 0 Å². The Labute approximate surface area is 184 Å². The lowest BCUT2D eigenvalue weighted by Crippen LogP contribution is -2.22. The lowest BCUT2D eigenvalue weighted by Gasteiger charge is -2.05. The third-order valence-corrected chi connectivity index (χ3v) is 5.99. The first kappa shape index (κ1) is 21.2. The van der Waals surface area contributed by atoms with Gasteiger partial charge in [0.2, 0.25) is 0 Å². The summed E-state index contributed by atoms with van der Waals surface area (Å²) in [6.45, 7) is 1.90. The Morgan fingerprint density at radius 2 is 1.93 bits per heavy atom. The standard InChI is InChI=1S/C20H17IN2O5S/c1-3-28-19(26)12-8-9-15-16(10-12)29-20(23(15)11-17(24)27-2)22-18(25)13-6-4-5-7-14(13)21/h4-10H,3,11H2,1-2H3. The summed E-state index contributed by atoms with van der Waals surface area (Å²) < 4.78 is 12.9. The molecule has 9 heteroatoms. The summed E-state index contributed by atoms with van der Waals surface area (Å²) in [4.78, 5) is 41.2. The van der Waals surface area contributed by atoms with Gasteiger partial charge in [0.05, 0.1) is 35.1 Å². The van der Waals surface area contributed by atoms with Crippen LogP contribution in [-0.2, 0) is 20.8 Å². The first-order valence-corrected chi connectivity index (χ1v) is 10.5. The second kappa shape index (κ2) is 9.31. The molecule has 0 aliphatic rings. The molecule has 150 valence electrons. The minimum Gasteiger partial charge on any atom is -0.468 e. The van der Waals surface area contributed by atoms with E-state index in [9.17, 15) is 14.4 Å². The molecule has 0 N–H and O–H groups in total. The SMILES string of the molecule is CCOC(=O)c1ccc2c(c1)sc(=NC(=O)c1ccccc1I)n2CC(=O)OC. The molecule has 0 bridgehead atoms. The fraction of sp³-hybridized carbons (Fsp3) is 0.200. The molecule has 0 atom stereocenters. The highest BCUT2D eigenvalue weighted by molar-refractivity contribution is 14.1. The van der Waals surface area contributed by atoms with Crippen molar-refractivity contribution in [3.05, 3.63) is 62.0 Å². The van der Waals surface area contributed by atoms with Gasteiger partial charge in [0.15, 0.2) is 4.80 Å². The Balaban J connectivity index is 2.14. The Kier molecular flexibility index (Phi) is 6.80. The van der Waals surface area contributed by atoms with Crippen molar-refractivity contribution < 1.29 is 23.9 Å². The smallest absolute Gasteiger partial charge is 0.338 e. The van der Waals surface area contributed by atoms with Crippen LogP contribution < -0.4 is 4.80 Å². The van der Waals surface area contributed by atoms with Crippen LogP contribution in [0.1, 0.15) is 27.6 Å². The minimum absolute atomic E-state index is 0.104. The van der Waals surface area contributed by atoms with Crippen LogP contribution in [-0.4, -0.2) is 36.1 Å². The number of thiazole rings is 1. The van der Waals surface area contributed by atoms with Gasteiger partial charge in [-0.15, -0.1) is 0 Å². The number of ether oxygens (including phenoxy) is 2. The zero-order valence-electron chi connectivity index (χ0n) is 15.7. The van der Waals surface area contributed by atoms with Crippen molar-refractivity contribution >= 4 is 62.0 Å². The number of nitrogens with zero attached hydrogens (tertiary/aromatic N) is 2. The Bertz CT molecular complexity index is 1170. The number of halogens is 1. The molecule has 0 spiro atoms. The van der Waals surface area contributed by atoms with Crippen molar-refractivity contribution in [2.75, 3.05) is 13.7 Å². The van der Waals surface area contributed by atoms with Crippen LogP contribution in [0.5, 0.6) is 0 Å². The zero-order valence-corrected chi connectivity index (χ0v) is 18.7. The summed E-state index contributed by atoms with van der Waals surface area (Å²) in [6.07, 6.45) is 0. The number of fused-ring (bicyclic) bond motifs is 1. The number of aromatic nitrogens is 1. The molecule has 0 saturated carbocycles. The lowest BCUT2D eigenvalue weighted by molar-refractivity contribution is -0.141. The maximum atomic E-state index is 12.7. The van der Waals surface area contributed by atoms with E-state index in [-0.39, 0.29) is 13.2 Å². The van der Waals surface area contributed by atoms with E-state index in [4.69, 9.17) is 9.47 Å². The number of carbonyl (C=O) groups is 3. The van der Waals surface area contributed by atoms with E-state index in [0.29, 0.717) is 26.1 Å². The number of hydrogen-bond donors (Lipinski definition) is 0. The topological polar surface area (TPSA) is 87.0 Å². The Morgan fingerprint density at radius 1 is 1.17 bits per heavy atom. The lowest BCUT2D eigenvalue weighted by atomic mass is 10.2. The predicted molar refractivity (Wildman–Crippen MR) is 117 cm³/mol. The molecule has 0 radical (unpaired) electrons. The first-order valence-electron chi connectivity index (χ1n) is 8.65. The molecular formula is C20H17IN2O5S. The van der Waals surface area contributed by atoms with E-state index in [0.717, 1.165) is 3.57 Å². The minimum atomic E-state index is -0.470. The highest BCUT2D eigenvalue weighted by atomic mass is 127. The average molecular weight is 524 g/mol. The van der Waals surface area contributed by atoms with Crippen molar-refractivity contribution in [3.8, 4) is 0 Å². The van der Waals surface area contributed by atoms with Crippen LogP contribution in [0, 0.1) is 3.57 Å². The molecule has 2 aromatic carbocycles. The highest BCUT2D eigenvalue weighted by Gasteiger charge is 2.15. The summed E-state index contributed by atoms with van der Waals surface area (Å²) >= 11 is 3.29. The zero-order chi connectivity index (χ0) is 21.0. The predicted octanol–water partition coefficient (Wildman–Crippen LogP) is 3.40. The molecule has 0 aliphatic carbocycles. The number of amides is 1. The molecule has 0 fully saturated rings. The van der Waals surface area contributed by atoms with Gasteiger partial charge in [0.25, 0.3) is 5.91 Å². The summed E-state index contributed by atoms with van der Waals surface area (Å²) in [6, 6.07) is 12.1. The van der Waals surface area contributed by atoms with Gasteiger partial charge in [-0.1, -0.05) is 23.5 Å². The summed E-state index contributed by atoms with van der Waals surface area (Å²) in [5.74, 6) is -1.32. The number of rotatable bonds is 5. The van der Waals surface area contributed by atoms with Crippen molar-refractivity contribution in [2.45, 2.75) is 13.5 Å². The van der Waals surface area contributed by atoms with E-state index >= 15 is 0 Å². The number of carbonyl (C=O) groups excluding carboxylic acids is 3. The summed E-state index contributed by atoms with van der Waals surface area (Å²) in [7, 11) is 1.30. The normalized spacial score (nSPS) is 11.5.